The number of nitrogens with zero attached hydrogens (tertiary/aromatic N) is 2. The Balaban J connectivity index is 1.52. The molecule has 0 atom stereocenters. The number of benzene rings is 2. The number of aromatic nitrogens is 1. The van der Waals surface area contributed by atoms with Crippen LogP contribution in [0.3, 0.4) is 0 Å². The molecule has 6 heteroatoms. The summed E-state index contributed by atoms with van der Waals surface area (Å²) in [5.41, 5.74) is 8.49. The van der Waals surface area contributed by atoms with E-state index in [1.54, 1.807) is 24.4 Å². The standard InChI is InChI=1S/C22H21N3O3/c1-14-6-4-5-7-19(14)25-15(2)10-18(16(25)3)12-23-24-22(26)17-8-9-20-21(11-17)28-13-27-20/h4-12H,13H2,1-3H3,(H,24,26)/b23-12-. The molecule has 0 radical (unpaired) electrons. The predicted octanol–water partition coefficient (Wildman–Crippen LogP) is 3.90. The normalized spacial score (nSPS) is 12.5. The Morgan fingerprint density at radius 3 is 2.68 bits per heavy atom. The van der Waals surface area contributed by atoms with E-state index in [4.69, 9.17) is 9.47 Å². The average molecular weight is 375 g/mol. The molecule has 0 aliphatic carbocycles. The number of ether oxygens (including phenoxy) is 2. The SMILES string of the molecule is Cc1ccccc1-n1c(C)cc(/C=N\NC(=O)c2ccc3c(c2)OCO3)c1C. The van der Waals surface area contributed by atoms with Gasteiger partial charge in [0.2, 0.25) is 6.79 Å². The summed E-state index contributed by atoms with van der Waals surface area (Å²) in [6, 6.07) is 15.3. The van der Waals surface area contributed by atoms with Gasteiger partial charge in [-0.25, -0.2) is 5.43 Å². The van der Waals surface area contributed by atoms with E-state index >= 15 is 0 Å². The number of fused-ring (bicyclic) bond motifs is 1. The van der Waals surface area contributed by atoms with Crippen molar-refractivity contribution < 1.29 is 14.3 Å². The van der Waals surface area contributed by atoms with Crippen molar-refractivity contribution in [3.63, 3.8) is 0 Å². The van der Waals surface area contributed by atoms with Crippen molar-refractivity contribution >= 4 is 12.1 Å². The first kappa shape index (κ1) is 17.9. The summed E-state index contributed by atoms with van der Waals surface area (Å²) in [6.07, 6.45) is 1.67. The maximum Gasteiger partial charge on any atom is 0.271 e. The number of nitrogens with one attached hydrogen (secondary N) is 1. The lowest BCUT2D eigenvalue weighted by Gasteiger charge is -2.12. The quantitative estimate of drug-likeness (QED) is 0.556. The van der Waals surface area contributed by atoms with Gasteiger partial charge in [0, 0.05) is 28.2 Å². The number of carbonyl (C=O) groups is 1. The van der Waals surface area contributed by atoms with E-state index in [2.05, 4.69) is 47.1 Å². The van der Waals surface area contributed by atoms with Crippen LogP contribution in [0.25, 0.3) is 5.69 Å². The molecule has 1 aliphatic rings. The molecule has 0 saturated heterocycles. The van der Waals surface area contributed by atoms with Crippen LogP contribution in [-0.2, 0) is 0 Å². The zero-order valence-corrected chi connectivity index (χ0v) is 16.0. The zero-order valence-electron chi connectivity index (χ0n) is 16.0. The second-order valence-corrected chi connectivity index (χ2v) is 6.72. The lowest BCUT2D eigenvalue weighted by Crippen LogP contribution is -2.17. The molecule has 1 aliphatic heterocycles. The third-order valence-electron chi connectivity index (χ3n) is 4.83. The van der Waals surface area contributed by atoms with Crippen LogP contribution in [0.2, 0.25) is 0 Å². The molecular weight excluding hydrogens is 354 g/mol. The van der Waals surface area contributed by atoms with Gasteiger partial charge in [-0.05, 0) is 56.7 Å². The molecule has 2 heterocycles. The summed E-state index contributed by atoms with van der Waals surface area (Å²) < 4.78 is 12.8. The number of hydrogen-bond acceptors (Lipinski definition) is 4. The molecule has 0 spiro atoms. The maximum absolute atomic E-state index is 12.3. The second kappa shape index (κ2) is 7.23. The van der Waals surface area contributed by atoms with Gasteiger partial charge in [-0.15, -0.1) is 0 Å². The molecule has 4 rings (SSSR count). The van der Waals surface area contributed by atoms with Crippen LogP contribution >= 0.6 is 0 Å². The fourth-order valence-electron chi connectivity index (χ4n) is 3.37. The monoisotopic (exact) mass is 375 g/mol. The minimum Gasteiger partial charge on any atom is -0.454 e. The number of amides is 1. The molecule has 28 heavy (non-hydrogen) atoms. The fourth-order valence-corrected chi connectivity index (χ4v) is 3.37. The van der Waals surface area contributed by atoms with E-state index < -0.39 is 0 Å². The Morgan fingerprint density at radius 2 is 1.86 bits per heavy atom. The van der Waals surface area contributed by atoms with Crippen LogP contribution in [-0.4, -0.2) is 23.5 Å². The van der Waals surface area contributed by atoms with Gasteiger partial charge >= 0.3 is 0 Å². The van der Waals surface area contributed by atoms with Gasteiger partial charge < -0.3 is 14.0 Å². The van der Waals surface area contributed by atoms with Gasteiger partial charge in [-0.2, -0.15) is 5.10 Å². The first-order valence-electron chi connectivity index (χ1n) is 9.02. The van der Waals surface area contributed by atoms with Crippen molar-refractivity contribution in [2.75, 3.05) is 6.79 Å². The first-order chi connectivity index (χ1) is 13.5. The molecule has 1 aromatic heterocycles. The fraction of sp³-hybridized carbons (Fsp3) is 0.182. The van der Waals surface area contributed by atoms with Crippen LogP contribution in [0.5, 0.6) is 11.5 Å². The summed E-state index contributed by atoms with van der Waals surface area (Å²) >= 11 is 0. The molecule has 2 aromatic carbocycles. The molecule has 0 bridgehead atoms. The second-order valence-electron chi connectivity index (χ2n) is 6.72. The molecule has 1 N–H and O–H groups in total. The Morgan fingerprint density at radius 1 is 1.07 bits per heavy atom. The predicted molar refractivity (Wildman–Crippen MR) is 108 cm³/mol. The van der Waals surface area contributed by atoms with E-state index in [1.807, 2.05) is 19.1 Å². The van der Waals surface area contributed by atoms with E-state index in [1.165, 1.54) is 5.56 Å². The van der Waals surface area contributed by atoms with Crippen molar-refractivity contribution in [3.05, 3.63) is 76.6 Å². The largest absolute Gasteiger partial charge is 0.454 e. The highest BCUT2D eigenvalue weighted by molar-refractivity contribution is 5.95. The van der Waals surface area contributed by atoms with Crippen LogP contribution in [0.1, 0.15) is 32.9 Å². The summed E-state index contributed by atoms with van der Waals surface area (Å²) in [5.74, 6) is 0.907. The zero-order chi connectivity index (χ0) is 19.7. The highest BCUT2D eigenvalue weighted by Gasteiger charge is 2.16. The lowest BCUT2D eigenvalue weighted by atomic mass is 10.2. The summed E-state index contributed by atoms with van der Waals surface area (Å²) in [7, 11) is 0. The number of aryl methyl sites for hydroxylation is 2. The smallest absolute Gasteiger partial charge is 0.271 e. The van der Waals surface area contributed by atoms with Gasteiger partial charge in [0.05, 0.1) is 6.21 Å². The molecular formula is C22H21N3O3. The van der Waals surface area contributed by atoms with Gasteiger partial charge in [0.15, 0.2) is 11.5 Å². The molecule has 0 unspecified atom stereocenters. The minimum absolute atomic E-state index is 0.176. The average Bonchev–Trinajstić information content (AvgIpc) is 3.26. The van der Waals surface area contributed by atoms with Crippen molar-refractivity contribution in [2.24, 2.45) is 5.10 Å². The molecule has 6 nitrogen and oxygen atoms in total. The number of carbonyl (C=O) groups excluding carboxylic acids is 1. The number of para-hydroxylation sites is 1. The van der Waals surface area contributed by atoms with Crippen molar-refractivity contribution in [1.82, 2.24) is 9.99 Å². The summed E-state index contributed by atoms with van der Waals surface area (Å²) in [5, 5.41) is 4.13. The Bertz CT molecular complexity index is 1080. The molecule has 0 saturated carbocycles. The van der Waals surface area contributed by atoms with Crippen molar-refractivity contribution in [1.29, 1.82) is 0 Å². The van der Waals surface area contributed by atoms with Crippen LogP contribution in [0, 0.1) is 20.8 Å². The highest BCUT2D eigenvalue weighted by Crippen LogP contribution is 2.32. The van der Waals surface area contributed by atoms with E-state index in [9.17, 15) is 4.79 Å². The Kier molecular flexibility index (Phi) is 4.61. The third kappa shape index (κ3) is 3.24. The van der Waals surface area contributed by atoms with Gasteiger partial charge in [0.25, 0.3) is 5.91 Å². The van der Waals surface area contributed by atoms with Crippen molar-refractivity contribution in [2.45, 2.75) is 20.8 Å². The van der Waals surface area contributed by atoms with E-state index in [-0.39, 0.29) is 12.7 Å². The Labute approximate surface area is 163 Å². The maximum atomic E-state index is 12.3. The van der Waals surface area contributed by atoms with E-state index in [0.717, 1.165) is 22.6 Å². The van der Waals surface area contributed by atoms with Gasteiger partial charge in [-0.1, -0.05) is 18.2 Å². The number of hydrogen-bond donors (Lipinski definition) is 1. The van der Waals surface area contributed by atoms with Crippen molar-refractivity contribution in [3.8, 4) is 17.2 Å². The van der Waals surface area contributed by atoms with Gasteiger partial charge in [-0.3, -0.25) is 4.79 Å². The lowest BCUT2D eigenvalue weighted by molar-refractivity contribution is 0.0954. The molecule has 0 fully saturated rings. The molecule has 3 aromatic rings. The number of rotatable bonds is 4. The van der Waals surface area contributed by atoms with E-state index in [0.29, 0.717) is 17.1 Å². The number of hydrazone groups is 1. The summed E-state index contributed by atoms with van der Waals surface area (Å²) in [6.45, 7) is 6.37. The topological polar surface area (TPSA) is 64.9 Å². The highest BCUT2D eigenvalue weighted by atomic mass is 16.7. The first-order valence-corrected chi connectivity index (χ1v) is 9.02. The minimum atomic E-state index is -0.303. The molecule has 142 valence electrons. The Hall–Kier alpha value is -3.54. The third-order valence-corrected chi connectivity index (χ3v) is 4.83. The van der Waals surface area contributed by atoms with Crippen LogP contribution < -0.4 is 14.9 Å². The van der Waals surface area contributed by atoms with Crippen LogP contribution in [0.4, 0.5) is 0 Å². The van der Waals surface area contributed by atoms with Crippen LogP contribution in [0.15, 0.2) is 53.6 Å². The molecule has 1 amide bonds. The summed E-state index contributed by atoms with van der Waals surface area (Å²) in [4.78, 5) is 12.3. The van der Waals surface area contributed by atoms with Gasteiger partial charge in [0.1, 0.15) is 0 Å².